The first kappa shape index (κ1) is 21.0. The van der Waals surface area contributed by atoms with Gasteiger partial charge in [-0.05, 0) is 51.2 Å². The third-order valence-corrected chi connectivity index (χ3v) is 7.03. The highest BCUT2D eigenvalue weighted by Crippen LogP contribution is 2.51. The van der Waals surface area contributed by atoms with E-state index in [0.29, 0.717) is 11.9 Å². The van der Waals surface area contributed by atoms with Crippen molar-refractivity contribution in [3.8, 4) is 0 Å². The summed E-state index contributed by atoms with van der Waals surface area (Å²) in [6.45, 7) is 7.72. The molecule has 6 heteroatoms. The number of nitrogens with one attached hydrogen (secondary N) is 2. The Bertz CT molecular complexity index is 660. The largest absolute Gasteiger partial charge is 0.357 e. The second kappa shape index (κ2) is 10.2. The lowest BCUT2D eigenvalue weighted by Gasteiger charge is -2.27. The van der Waals surface area contributed by atoms with Crippen LogP contribution in [0.4, 0.5) is 0 Å². The van der Waals surface area contributed by atoms with E-state index in [4.69, 9.17) is 4.99 Å². The number of guanidine groups is 1. The first-order chi connectivity index (χ1) is 13.7. The van der Waals surface area contributed by atoms with Crippen LogP contribution < -0.4 is 10.6 Å². The zero-order valence-electron chi connectivity index (χ0n) is 17.2. The van der Waals surface area contributed by atoms with Crippen LogP contribution in [0.5, 0.6) is 0 Å². The normalized spacial score (nSPS) is 19.6. The first-order valence-corrected chi connectivity index (χ1v) is 11.5. The average Bonchev–Trinajstić information content (AvgIpc) is 3.34. The molecule has 0 radical (unpaired) electrons. The lowest BCUT2D eigenvalue weighted by molar-refractivity contribution is -0.129. The van der Waals surface area contributed by atoms with Gasteiger partial charge in [-0.3, -0.25) is 9.79 Å². The summed E-state index contributed by atoms with van der Waals surface area (Å²) in [5.74, 6) is 1.21. The van der Waals surface area contributed by atoms with Gasteiger partial charge >= 0.3 is 0 Å². The molecular weight excluding hydrogens is 368 g/mol. The van der Waals surface area contributed by atoms with Gasteiger partial charge in [-0.25, -0.2) is 0 Å². The number of aliphatic imine (C=N–C) groups is 1. The molecule has 0 spiro atoms. The van der Waals surface area contributed by atoms with E-state index in [9.17, 15) is 4.79 Å². The highest BCUT2D eigenvalue weighted by Gasteiger charge is 2.43. The third kappa shape index (κ3) is 5.90. The Balaban J connectivity index is 1.49. The van der Waals surface area contributed by atoms with Crippen LogP contribution in [0.15, 0.2) is 40.2 Å². The number of hydrogen-bond donors (Lipinski definition) is 2. The van der Waals surface area contributed by atoms with E-state index in [1.54, 1.807) is 0 Å². The molecule has 1 amide bonds. The Morgan fingerprint density at radius 2 is 2.04 bits per heavy atom. The van der Waals surface area contributed by atoms with Crippen molar-refractivity contribution >= 4 is 23.6 Å². The van der Waals surface area contributed by atoms with Crippen molar-refractivity contribution in [2.24, 2.45) is 4.99 Å². The lowest BCUT2D eigenvalue weighted by Crippen LogP contribution is -2.42. The highest BCUT2D eigenvalue weighted by molar-refractivity contribution is 8.01. The molecule has 154 valence electrons. The number of rotatable bonds is 10. The van der Waals surface area contributed by atoms with Crippen LogP contribution in [-0.4, -0.2) is 53.7 Å². The Labute approximate surface area is 173 Å². The molecule has 1 atom stereocenters. The number of likely N-dealkylation sites (tertiary alicyclic amines) is 1. The minimum Gasteiger partial charge on any atom is -0.357 e. The minimum atomic E-state index is 0.262. The monoisotopic (exact) mass is 402 g/mol. The predicted octanol–water partition coefficient (Wildman–Crippen LogP) is 3.66. The standard InChI is InChI=1S/C22H34N4OS/c1-3-18(26-16-8-11-20(26)27)12-15-24-21(23-4-2)25-17-22(13-14-22)28-19-9-6-5-7-10-19/h5-7,9-10,18H,3-4,8,11-17H2,1-2H3,(H2,23,24,25). The Hall–Kier alpha value is -1.69. The van der Waals surface area contributed by atoms with Crippen molar-refractivity contribution in [2.75, 3.05) is 26.2 Å². The van der Waals surface area contributed by atoms with Crippen LogP contribution in [0.1, 0.15) is 52.4 Å². The van der Waals surface area contributed by atoms with E-state index in [2.05, 4.69) is 59.7 Å². The molecule has 1 saturated carbocycles. The van der Waals surface area contributed by atoms with Gasteiger partial charge in [0.1, 0.15) is 0 Å². The van der Waals surface area contributed by atoms with Gasteiger partial charge in [0.05, 0.1) is 6.54 Å². The zero-order chi connectivity index (χ0) is 19.8. The number of amides is 1. The maximum atomic E-state index is 12.0. The van der Waals surface area contributed by atoms with Crippen molar-refractivity contribution in [3.63, 3.8) is 0 Å². The van der Waals surface area contributed by atoms with E-state index in [1.807, 2.05) is 11.8 Å². The fourth-order valence-corrected chi connectivity index (χ4v) is 4.96. The molecule has 0 aromatic heterocycles. The summed E-state index contributed by atoms with van der Waals surface area (Å²) in [6, 6.07) is 11.0. The van der Waals surface area contributed by atoms with Gasteiger partial charge in [-0.1, -0.05) is 25.1 Å². The first-order valence-electron chi connectivity index (χ1n) is 10.7. The molecule has 1 saturated heterocycles. The summed E-state index contributed by atoms with van der Waals surface area (Å²) in [5, 5.41) is 6.85. The SMILES string of the molecule is CCNC(=NCC1(Sc2ccccc2)CC1)NCCC(CC)N1CCCC1=O. The Morgan fingerprint density at radius 3 is 2.64 bits per heavy atom. The lowest BCUT2D eigenvalue weighted by atomic mass is 10.1. The van der Waals surface area contributed by atoms with E-state index in [1.165, 1.54) is 17.7 Å². The molecule has 0 bridgehead atoms. The summed E-state index contributed by atoms with van der Waals surface area (Å²) in [6.07, 6.45) is 6.16. The molecule has 2 fully saturated rings. The summed E-state index contributed by atoms with van der Waals surface area (Å²) in [7, 11) is 0. The number of hydrogen-bond acceptors (Lipinski definition) is 3. The average molecular weight is 403 g/mol. The molecule has 1 aromatic carbocycles. The Morgan fingerprint density at radius 1 is 1.25 bits per heavy atom. The number of carbonyl (C=O) groups excluding carboxylic acids is 1. The Kier molecular flexibility index (Phi) is 7.65. The van der Waals surface area contributed by atoms with Crippen molar-refractivity contribution in [3.05, 3.63) is 30.3 Å². The quantitative estimate of drug-likeness (QED) is 0.463. The summed E-state index contributed by atoms with van der Waals surface area (Å²) < 4.78 is 0.262. The molecule has 1 aromatic rings. The smallest absolute Gasteiger partial charge is 0.222 e. The maximum absolute atomic E-state index is 12.0. The van der Waals surface area contributed by atoms with Crippen molar-refractivity contribution in [1.29, 1.82) is 0 Å². The highest BCUT2D eigenvalue weighted by atomic mass is 32.2. The van der Waals surface area contributed by atoms with Crippen LogP contribution in [-0.2, 0) is 4.79 Å². The maximum Gasteiger partial charge on any atom is 0.222 e. The van der Waals surface area contributed by atoms with Crippen LogP contribution in [0.3, 0.4) is 0 Å². The summed E-state index contributed by atoms with van der Waals surface area (Å²) in [5.41, 5.74) is 0. The van der Waals surface area contributed by atoms with Gasteiger partial charge in [0.25, 0.3) is 0 Å². The molecule has 1 aliphatic carbocycles. The van der Waals surface area contributed by atoms with Crippen LogP contribution in [0.2, 0.25) is 0 Å². The number of carbonyl (C=O) groups is 1. The topological polar surface area (TPSA) is 56.7 Å². The van der Waals surface area contributed by atoms with Gasteiger partial charge in [-0.2, -0.15) is 0 Å². The second-order valence-corrected chi connectivity index (χ2v) is 9.30. The molecule has 3 rings (SSSR count). The molecule has 1 aliphatic heterocycles. The van der Waals surface area contributed by atoms with Crippen molar-refractivity contribution in [1.82, 2.24) is 15.5 Å². The van der Waals surface area contributed by atoms with E-state index < -0.39 is 0 Å². The van der Waals surface area contributed by atoms with Crippen LogP contribution in [0.25, 0.3) is 0 Å². The van der Waals surface area contributed by atoms with Crippen molar-refractivity contribution in [2.45, 2.75) is 68.1 Å². The van der Waals surface area contributed by atoms with Crippen LogP contribution in [0, 0.1) is 0 Å². The van der Waals surface area contributed by atoms with E-state index in [-0.39, 0.29) is 4.75 Å². The number of benzene rings is 1. The fourth-order valence-electron chi connectivity index (χ4n) is 3.73. The molecule has 1 heterocycles. The minimum absolute atomic E-state index is 0.262. The summed E-state index contributed by atoms with van der Waals surface area (Å²) >= 11 is 1.96. The van der Waals surface area contributed by atoms with Crippen LogP contribution >= 0.6 is 11.8 Å². The number of thioether (sulfide) groups is 1. The third-order valence-electron chi connectivity index (χ3n) is 5.55. The molecule has 2 aliphatic rings. The van der Waals surface area contributed by atoms with Gasteiger partial charge in [-0.15, -0.1) is 11.8 Å². The van der Waals surface area contributed by atoms with Gasteiger partial charge < -0.3 is 15.5 Å². The molecule has 28 heavy (non-hydrogen) atoms. The molecule has 1 unspecified atom stereocenters. The zero-order valence-corrected chi connectivity index (χ0v) is 18.1. The second-order valence-electron chi connectivity index (χ2n) is 7.76. The van der Waals surface area contributed by atoms with E-state index in [0.717, 1.165) is 57.8 Å². The fraction of sp³-hybridized carbons (Fsp3) is 0.636. The van der Waals surface area contributed by atoms with Gasteiger partial charge in [0.15, 0.2) is 5.96 Å². The number of nitrogens with zero attached hydrogens (tertiary/aromatic N) is 2. The molecular formula is C22H34N4OS. The van der Waals surface area contributed by atoms with Gasteiger partial charge in [0.2, 0.25) is 5.91 Å². The van der Waals surface area contributed by atoms with Crippen molar-refractivity contribution < 1.29 is 4.79 Å². The van der Waals surface area contributed by atoms with Gasteiger partial charge in [0, 0.05) is 41.7 Å². The summed E-state index contributed by atoms with van der Waals surface area (Å²) in [4.78, 5) is 20.3. The molecule has 2 N–H and O–H groups in total. The molecule has 5 nitrogen and oxygen atoms in total. The predicted molar refractivity (Wildman–Crippen MR) is 118 cm³/mol. The van der Waals surface area contributed by atoms with E-state index >= 15 is 0 Å².